The third kappa shape index (κ3) is 5.36. The van der Waals surface area contributed by atoms with Crippen molar-refractivity contribution in [2.24, 2.45) is 11.8 Å². The average molecular weight is 480 g/mol. The van der Waals surface area contributed by atoms with E-state index in [1.165, 1.54) is 0 Å². The molecule has 0 atom stereocenters. The van der Waals surface area contributed by atoms with Crippen LogP contribution in [0.25, 0.3) is 10.8 Å². The molecule has 0 radical (unpaired) electrons. The summed E-state index contributed by atoms with van der Waals surface area (Å²) in [6.07, 6.45) is 2.14. The molecule has 0 aliphatic carbocycles. The minimum atomic E-state index is -3.85. The first kappa shape index (κ1) is 24.1. The predicted octanol–water partition coefficient (Wildman–Crippen LogP) is 5.26. The van der Waals surface area contributed by atoms with Gasteiger partial charge in [0.2, 0.25) is 0 Å². The highest BCUT2D eigenvalue weighted by Crippen LogP contribution is 2.30. The Morgan fingerprint density at radius 2 is 1.74 bits per heavy atom. The summed E-state index contributed by atoms with van der Waals surface area (Å²) in [6, 6.07) is 17.9. The number of nitrogens with one attached hydrogen (secondary N) is 2. The van der Waals surface area contributed by atoms with Crippen molar-refractivity contribution in [3.63, 3.8) is 0 Å². The smallest absolute Gasteiger partial charge is 0.262 e. The molecule has 180 valence electrons. The highest BCUT2D eigenvalue weighted by atomic mass is 32.2. The summed E-state index contributed by atoms with van der Waals surface area (Å²) in [5.41, 5.74) is 1.71. The monoisotopic (exact) mass is 479 g/mol. The van der Waals surface area contributed by atoms with Crippen LogP contribution in [-0.2, 0) is 10.0 Å². The van der Waals surface area contributed by atoms with E-state index in [9.17, 15) is 13.2 Å². The zero-order chi connectivity index (χ0) is 24.3. The fourth-order valence-electron chi connectivity index (χ4n) is 4.34. The Balaban J connectivity index is 1.67. The molecule has 0 bridgehead atoms. The topological polar surface area (TPSA) is 78.5 Å². The van der Waals surface area contributed by atoms with E-state index in [-0.39, 0.29) is 10.8 Å². The fraction of sp³-hybridized carbons (Fsp3) is 0.370. The van der Waals surface area contributed by atoms with E-state index in [0.717, 1.165) is 37.0 Å². The molecular weight excluding hydrogens is 446 g/mol. The van der Waals surface area contributed by atoms with Gasteiger partial charge in [-0.05, 0) is 54.3 Å². The van der Waals surface area contributed by atoms with Crippen molar-refractivity contribution in [3.8, 4) is 0 Å². The lowest BCUT2D eigenvalue weighted by Gasteiger charge is -2.33. The Hall–Kier alpha value is -3.06. The van der Waals surface area contributed by atoms with E-state index >= 15 is 0 Å². The van der Waals surface area contributed by atoms with E-state index in [4.69, 9.17) is 0 Å². The number of benzene rings is 3. The number of rotatable bonds is 7. The number of amides is 1. The zero-order valence-corrected chi connectivity index (χ0v) is 20.9. The van der Waals surface area contributed by atoms with Gasteiger partial charge >= 0.3 is 0 Å². The maximum atomic E-state index is 13.3. The molecule has 0 spiro atoms. The van der Waals surface area contributed by atoms with Crippen molar-refractivity contribution in [1.82, 2.24) is 5.32 Å². The van der Waals surface area contributed by atoms with E-state index in [1.54, 1.807) is 30.3 Å². The normalized spacial score (nSPS) is 15.0. The van der Waals surface area contributed by atoms with Crippen molar-refractivity contribution >= 4 is 38.1 Å². The Labute approximate surface area is 202 Å². The summed E-state index contributed by atoms with van der Waals surface area (Å²) in [5.74, 6) is 0.797. The van der Waals surface area contributed by atoms with Gasteiger partial charge in [0.15, 0.2) is 0 Å². The van der Waals surface area contributed by atoms with Crippen molar-refractivity contribution in [2.75, 3.05) is 29.3 Å². The molecule has 2 N–H and O–H groups in total. The molecule has 0 unspecified atom stereocenters. The standard InChI is InChI=1S/C27H33N3O3S/c1-19(2)18-28-27(31)24-17-22(11-12-25(24)30-15-13-20(3)14-16-30)29-34(32,33)26-10-6-8-21-7-4-5-9-23(21)26/h4-12,17,19-20,29H,13-16,18H2,1-3H3,(H,28,31). The lowest BCUT2D eigenvalue weighted by molar-refractivity contribution is 0.0949. The van der Waals surface area contributed by atoms with Crippen LogP contribution < -0.4 is 14.9 Å². The van der Waals surface area contributed by atoms with Gasteiger partial charge in [0, 0.05) is 36.4 Å². The van der Waals surface area contributed by atoms with E-state index in [1.807, 2.05) is 44.2 Å². The van der Waals surface area contributed by atoms with E-state index in [2.05, 4.69) is 21.9 Å². The first-order chi connectivity index (χ1) is 16.2. The Kier molecular flexibility index (Phi) is 7.12. The number of carbonyl (C=O) groups excluding carboxylic acids is 1. The number of piperidine rings is 1. The van der Waals surface area contributed by atoms with Gasteiger partial charge in [-0.1, -0.05) is 57.2 Å². The molecule has 34 heavy (non-hydrogen) atoms. The number of nitrogens with zero attached hydrogens (tertiary/aromatic N) is 1. The van der Waals surface area contributed by atoms with Gasteiger partial charge in [-0.3, -0.25) is 9.52 Å². The lowest BCUT2D eigenvalue weighted by atomic mass is 9.98. The molecule has 1 saturated heterocycles. The SMILES string of the molecule is CC(C)CNC(=O)c1cc(NS(=O)(=O)c2cccc3ccccc23)ccc1N1CCC(C)CC1. The fourth-order valence-corrected chi connectivity index (χ4v) is 5.62. The van der Waals surface area contributed by atoms with Crippen molar-refractivity contribution in [3.05, 3.63) is 66.2 Å². The molecule has 1 heterocycles. The van der Waals surface area contributed by atoms with Gasteiger partial charge in [0.1, 0.15) is 0 Å². The molecule has 0 aromatic heterocycles. The molecule has 3 aromatic rings. The van der Waals surface area contributed by atoms with Crippen LogP contribution in [0.2, 0.25) is 0 Å². The van der Waals surface area contributed by atoms with Crippen LogP contribution in [0.5, 0.6) is 0 Å². The van der Waals surface area contributed by atoms with Crippen LogP contribution in [0, 0.1) is 11.8 Å². The molecule has 1 aliphatic rings. The predicted molar refractivity (Wildman–Crippen MR) is 139 cm³/mol. The third-order valence-corrected chi connectivity index (χ3v) is 7.77. The Bertz CT molecular complexity index is 1270. The number of hydrogen-bond donors (Lipinski definition) is 2. The first-order valence-electron chi connectivity index (χ1n) is 11.9. The summed E-state index contributed by atoms with van der Waals surface area (Å²) >= 11 is 0. The van der Waals surface area contributed by atoms with Gasteiger partial charge in [0.25, 0.3) is 15.9 Å². The first-order valence-corrected chi connectivity index (χ1v) is 13.4. The zero-order valence-electron chi connectivity index (χ0n) is 20.0. The maximum Gasteiger partial charge on any atom is 0.262 e. The summed E-state index contributed by atoms with van der Waals surface area (Å²) in [7, 11) is -3.85. The molecule has 6 nitrogen and oxygen atoms in total. The average Bonchev–Trinajstić information content (AvgIpc) is 2.82. The van der Waals surface area contributed by atoms with E-state index in [0.29, 0.717) is 35.0 Å². The molecule has 1 fully saturated rings. The molecule has 7 heteroatoms. The van der Waals surface area contributed by atoms with Crippen LogP contribution in [0.1, 0.15) is 44.0 Å². The quantitative estimate of drug-likeness (QED) is 0.484. The van der Waals surface area contributed by atoms with Crippen LogP contribution in [-0.4, -0.2) is 34.0 Å². The highest BCUT2D eigenvalue weighted by Gasteiger charge is 2.23. The molecule has 3 aromatic carbocycles. The van der Waals surface area contributed by atoms with Gasteiger partial charge < -0.3 is 10.2 Å². The Morgan fingerprint density at radius 3 is 2.47 bits per heavy atom. The van der Waals surface area contributed by atoms with Gasteiger partial charge in [0.05, 0.1) is 10.5 Å². The number of hydrogen-bond acceptors (Lipinski definition) is 4. The second kappa shape index (κ2) is 10.1. The number of anilines is 2. The Morgan fingerprint density at radius 1 is 1.03 bits per heavy atom. The number of sulfonamides is 1. The summed E-state index contributed by atoms with van der Waals surface area (Å²) in [4.78, 5) is 15.6. The minimum absolute atomic E-state index is 0.187. The second-order valence-corrected chi connectivity index (χ2v) is 11.2. The van der Waals surface area contributed by atoms with Crippen LogP contribution in [0.3, 0.4) is 0 Å². The lowest BCUT2D eigenvalue weighted by Crippen LogP contribution is -2.35. The van der Waals surface area contributed by atoms with Crippen LogP contribution in [0.15, 0.2) is 65.6 Å². The summed E-state index contributed by atoms with van der Waals surface area (Å²) < 4.78 is 29.3. The largest absolute Gasteiger partial charge is 0.371 e. The summed E-state index contributed by atoms with van der Waals surface area (Å²) in [6.45, 7) is 8.66. The number of carbonyl (C=O) groups is 1. The van der Waals surface area contributed by atoms with E-state index < -0.39 is 10.0 Å². The molecule has 4 rings (SSSR count). The minimum Gasteiger partial charge on any atom is -0.371 e. The van der Waals surface area contributed by atoms with Gasteiger partial charge in [-0.15, -0.1) is 0 Å². The summed E-state index contributed by atoms with van der Waals surface area (Å²) in [5, 5.41) is 4.50. The molecule has 0 saturated carbocycles. The van der Waals surface area contributed by atoms with Crippen LogP contribution >= 0.6 is 0 Å². The molecule has 1 aliphatic heterocycles. The molecule has 1 amide bonds. The number of fused-ring (bicyclic) bond motifs is 1. The highest BCUT2D eigenvalue weighted by molar-refractivity contribution is 7.93. The van der Waals surface area contributed by atoms with Gasteiger partial charge in [-0.25, -0.2) is 8.42 Å². The maximum absolute atomic E-state index is 13.3. The van der Waals surface area contributed by atoms with Crippen molar-refractivity contribution in [1.29, 1.82) is 0 Å². The second-order valence-electron chi connectivity index (χ2n) is 9.59. The van der Waals surface area contributed by atoms with Crippen LogP contribution in [0.4, 0.5) is 11.4 Å². The van der Waals surface area contributed by atoms with Gasteiger partial charge in [-0.2, -0.15) is 0 Å². The van der Waals surface area contributed by atoms with Crippen molar-refractivity contribution in [2.45, 2.75) is 38.5 Å². The molecular formula is C27H33N3O3S. The third-order valence-electron chi connectivity index (χ3n) is 6.33. The van der Waals surface area contributed by atoms with Crippen molar-refractivity contribution < 1.29 is 13.2 Å².